The lowest BCUT2D eigenvalue weighted by Gasteiger charge is -2.07. The van der Waals surface area contributed by atoms with Crippen molar-refractivity contribution in [3.63, 3.8) is 0 Å². The summed E-state index contributed by atoms with van der Waals surface area (Å²) in [4.78, 5) is 15.6. The molecule has 2 heterocycles. The van der Waals surface area contributed by atoms with Gasteiger partial charge in [-0.05, 0) is 18.6 Å². The predicted molar refractivity (Wildman–Crippen MR) is 69.1 cm³/mol. The normalized spacial score (nSPS) is 10.3. The zero-order chi connectivity index (χ0) is 14.0. The lowest BCUT2D eigenvalue weighted by Crippen LogP contribution is -2.03. The number of esters is 1. The first-order valence-electron chi connectivity index (χ1n) is 5.70. The van der Waals surface area contributed by atoms with Gasteiger partial charge in [0.1, 0.15) is 0 Å². The lowest BCUT2D eigenvalue weighted by molar-refractivity contribution is 0.0593. The third kappa shape index (κ3) is 2.42. The van der Waals surface area contributed by atoms with Crippen LogP contribution < -0.4 is 4.74 Å². The molecule has 0 aliphatic carbocycles. The van der Waals surface area contributed by atoms with Crippen molar-refractivity contribution >= 4 is 5.97 Å². The van der Waals surface area contributed by atoms with Gasteiger partial charge in [0.25, 0.3) is 0 Å². The smallest absolute Gasteiger partial charge is 0.358 e. The van der Waals surface area contributed by atoms with Crippen LogP contribution in [0.2, 0.25) is 0 Å². The molecule has 0 spiro atoms. The summed E-state index contributed by atoms with van der Waals surface area (Å²) >= 11 is 0. The maximum Gasteiger partial charge on any atom is 0.358 e. The molecule has 0 amide bonds. The fourth-order valence-corrected chi connectivity index (χ4v) is 1.83. The molecule has 19 heavy (non-hydrogen) atoms. The molecule has 0 aromatic carbocycles. The number of aromatic nitrogens is 3. The number of rotatable bonds is 3. The Hall–Kier alpha value is -2.37. The van der Waals surface area contributed by atoms with Crippen LogP contribution in [0.3, 0.4) is 0 Å². The molecule has 2 aromatic heterocycles. The summed E-state index contributed by atoms with van der Waals surface area (Å²) in [5, 5.41) is 4.12. The molecule has 0 atom stereocenters. The van der Waals surface area contributed by atoms with Gasteiger partial charge in [0, 0.05) is 24.9 Å². The van der Waals surface area contributed by atoms with Crippen molar-refractivity contribution in [1.82, 2.24) is 14.8 Å². The molecule has 0 N–H and O–H groups in total. The highest BCUT2D eigenvalue weighted by atomic mass is 16.5. The summed E-state index contributed by atoms with van der Waals surface area (Å²) in [7, 11) is 4.67. The average molecular weight is 261 g/mol. The number of methoxy groups -OCH3 is 2. The van der Waals surface area contributed by atoms with E-state index in [1.54, 1.807) is 31.1 Å². The van der Waals surface area contributed by atoms with E-state index in [4.69, 9.17) is 4.74 Å². The van der Waals surface area contributed by atoms with Crippen molar-refractivity contribution in [1.29, 1.82) is 0 Å². The highest BCUT2D eigenvalue weighted by Crippen LogP contribution is 2.25. The summed E-state index contributed by atoms with van der Waals surface area (Å²) < 4.78 is 11.4. The van der Waals surface area contributed by atoms with E-state index in [0.717, 1.165) is 16.8 Å². The number of pyridine rings is 1. The first-order valence-corrected chi connectivity index (χ1v) is 5.70. The summed E-state index contributed by atoms with van der Waals surface area (Å²) in [6, 6.07) is 3.52. The van der Waals surface area contributed by atoms with Crippen LogP contribution in [-0.4, -0.2) is 35.0 Å². The van der Waals surface area contributed by atoms with Crippen molar-refractivity contribution in [2.24, 2.45) is 7.05 Å². The van der Waals surface area contributed by atoms with E-state index in [0.29, 0.717) is 5.88 Å². The van der Waals surface area contributed by atoms with Crippen molar-refractivity contribution in [3.05, 3.63) is 29.6 Å². The van der Waals surface area contributed by atoms with Crippen molar-refractivity contribution in [2.75, 3.05) is 14.2 Å². The third-order valence-electron chi connectivity index (χ3n) is 2.85. The maximum absolute atomic E-state index is 11.5. The zero-order valence-corrected chi connectivity index (χ0v) is 11.3. The van der Waals surface area contributed by atoms with Crippen molar-refractivity contribution in [2.45, 2.75) is 6.92 Å². The molecule has 2 rings (SSSR count). The third-order valence-corrected chi connectivity index (χ3v) is 2.85. The molecule has 0 radical (unpaired) electrons. The molecule has 6 nitrogen and oxygen atoms in total. The highest BCUT2D eigenvalue weighted by molar-refractivity contribution is 5.88. The van der Waals surface area contributed by atoms with Crippen LogP contribution in [0.15, 0.2) is 18.3 Å². The SMILES string of the molecule is COC(=O)c1cc(-c2cnc(OC)cc2C)n(C)n1. The number of nitrogens with zero attached hydrogens (tertiary/aromatic N) is 3. The summed E-state index contributed by atoms with van der Waals surface area (Å²) in [6.45, 7) is 1.95. The minimum Gasteiger partial charge on any atom is -0.481 e. The topological polar surface area (TPSA) is 66.2 Å². The van der Waals surface area contributed by atoms with Gasteiger partial charge in [-0.25, -0.2) is 9.78 Å². The standard InChI is InChI=1S/C13H15N3O3/c1-8-5-12(18-3)14-7-9(8)11-6-10(13(17)19-4)15-16(11)2/h5-7H,1-4H3. The Bertz CT molecular complexity index is 620. The number of aryl methyl sites for hydroxylation is 2. The molecule has 0 saturated carbocycles. The van der Waals surface area contributed by atoms with Crippen molar-refractivity contribution < 1.29 is 14.3 Å². The molecular weight excluding hydrogens is 246 g/mol. The molecule has 0 unspecified atom stereocenters. The molecule has 0 saturated heterocycles. The molecular formula is C13H15N3O3. The number of hydrogen-bond acceptors (Lipinski definition) is 5. The largest absolute Gasteiger partial charge is 0.481 e. The van der Waals surface area contributed by atoms with Crippen LogP contribution in [0.4, 0.5) is 0 Å². The lowest BCUT2D eigenvalue weighted by atomic mass is 10.1. The average Bonchev–Trinajstić information content (AvgIpc) is 2.79. The van der Waals surface area contributed by atoms with E-state index in [2.05, 4.69) is 14.8 Å². The van der Waals surface area contributed by atoms with Crippen LogP contribution >= 0.6 is 0 Å². The fourth-order valence-electron chi connectivity index (χ4n) is 1.83. The van der Waals surface area contributed by atoms with E-state index >= 15 is 0 Å². The molecule has 2 aromatic rings. The summed E-state index contributed by atoms with van der Waals surface area (Å²) in [5.41, 5.74) is 2.96. The second-order valence-corrected chi connectivity index (χ2v) is 4.07. The maximum atomic E-state index is 11.5. The molecule has 0 aliphatic heterocycles. The van der Waals surface area contributed by atoms with Crippen LogP contribution in [0.1, 0.15) is 16.1 Å². The van der Waals surface area contributed by atoms with Gasteiger partial charge >= 0.3 is 5.97 Å². The van der Waals surface area contributed by atoms with Gasteiger partial charge in [0.05, 0.1) is 19.9 Å². The second-order valence-electron chi connectivity index (χ2n) is 4.07. The van der Waals surface area contributed by atoms with Gasteiger partial charge in [0.15, 0.2) is 5.69 Å². The highest BCUT2D eigenvalue weighted by Gasteiger charge is 2.15. The van der Waals surface area contributed by atoms with E-state index in [9.17, 15) is 4.79 Å². The molecule has 100 valence electrons. The number of hydrogen-bond donors (Lipinski definition) is 0. The zero-order valence-electron chi connectivity index (χ0n) is 11.3. The second kappa shape index (κ2) is 5.09. The Morgan fingerprint density at radius 1 is 1.32 bits per heavy atom. The van der Waals surface area contributed by atoms with E-state index in [1.807, 2.05) is 13.0 Å². The van der Waals surface area contributed by atoms with Crippen LogP contribution in [0.5, 0.6) is 5.88 Å². The predicted octanol–water partition coefficient (Wildman–Crippen LogP) is 1.59. The van der Waals surface area contributed by atoms with Crippen molar-refractivity contribution in [3.8, 4) is 17.1 Å². The monoisotopic (exact) mass is 261 g/mol. The van der Waals surface area contributed by atoms with E-state index in [1.165, 1.54) is 7.11 Å². The first-order chi connectivity index (χ1) is 9.06. The van der Waals surface area contributed by atoms with Gasteiger partial charge in [0.2, 0.25) is 5.88 Å². The van der Waals surface area contributed by atoms with Gasteiger partial charge < -0.3 is 9.47 Å². The van der Waals surface area contributed by atoms with Crippen LogP contribution in [0, 0.1) is 6.92 Å². The van der Waals surface area contributed by atoms with Crippen LogP contribution in [0.25, 0.3) is 11.3 Å². The van der Waals surface area contributed by atoms with Gasteiger partial charge in [-0.15, -0.1) is 0 Å². The minimum atomic E-state index is -0.457. The first kappa shape index (κ1) is 13.1. The quantitative estimate of drug-likeness (QED) is 0.785. The van der Waals surface area contributed by atoms with Gasteiger partial charge in [-0.1, -0.05) is 0 Å². The molecule has 0 aliphatic rings. The minimum absolute atomic E-state index is 0.273. The Labute approximate surface area is 111 Å². The summed E-state index contributed by atoms with van der Waals surface area (Å²) in [5.74, 6) is 0.0950. The van der Waals surface area contributed by atoms with E-state index in [-0.39, 0.29) is 5.69 Å². The number of ether oxygens (including phenoxy) is 2. The van der Waals surface area contributed by atoms with Gasteiger partial charge in [-0.2, -0.15) is 5.10 Å². The van der Waals surface area contributed by atoms with Gasteiger partial charge in [-0.3, -0.25) is 4.68 Å². The number of carbonyl (C=O) groups is 1. The number of carbonyl (C=O) groups excluding carboxylic acids is 1. The molecule has 0 fully saturated rings. The Morgan fingerprint density at radius 3 is 2.63 bits per heavy atom. The summed E-state index contributed by atoms with van der Waals surface area (Å²) in [6.07, 6.45) is 1.70. The Kier molecular flexibility index (Phi) is 3.50. The Morgan fingerprint density at radius 2 is 2.05 bits per heavy atom. The molecule has 0 bridgehead atoms. The Balaban J connectivity index is 2.47. The fraction of sp³-hybridized carbons (Fsp3) is 0.308. The molecule has 6 heteroatoms. The van der Waals surface area contributed by atoms with Crippen LogP contribution in [-0.2, 0) is 11.8 Å². The van der Waals surface area contributed by atoms with E-state index < -0.39 is 5.97 Å².